The summed E-state index contributed by atoms with van der Waals surface area (Å²) in [4.78, 5) is 17.7. The van der Waals surface area contributed by atoms with Crippen molar-refractivity contribution in [1.82, 2.24) is 9.55 Å². The zero-order valence-corrected chi connectivity index (χ0v) is 10.7. The van der Waals surface area contributed by atoms with Crippen LogP contribution in [0.3, 0.4) is 0 Å². The van der Waals surface area contributed by atoms with Crippen molar-refractivity contribution in [2.45, 2.75) is 6.92 Å². The number of amides is 1. The maximum atomic E-state index is 11.8. The second kappa shape index (κ2) is 4.91. The summed E-state index contributed by atoms with van der Waals surface area (Å²) in [6.45, 7) is 1.97. The van der Waals surface area contributed by atoms with E-state index in [0.29, 0.717) is 0 Å². The first-order chi connectivity index (χ1) is 8.58. The first-order valence-electron chi connectivity index (χ1n) is 5.65. The van der Waals surface area contributed by atoms with Crippen LogP contribution in [-0.2, 0) is 0 Å². The second-order valence-electron chi connectivity index (χ2n) is 4.29. The van der Waals surface area contributed by atoms with E-state index in [1.165, 1.54) is 10.9 Å². The van der Waals surface area contributed by atoms with Gasteiger partial charge in [0, 0.05) is 37.9 Å². The Morgan fingerprint density at radius 1 is 1.39 bits per heavy atom. The number of imidazole rings is 1. The van der Waals surface area contributed by atoms with Crippen molar-refractivity contribution < 1.29 is 4.79 Å². The van der Waals surface area contributed by atoms with E-state index in [9.17, 15) is 4.79 Å². The molecule has 2 aromatic rings. The molecular weight excluding hydrogens is 228 g/mol. The number of hydrogen-bond acceptors (Lipinski definition) is 3. The van der Waals surface area contributed by atoms with Gasteiger partial charge < -0.3 is 10.2 Å². The summed E-state index contributed by atoms with van der Waals surface area (Å²) in [6, 6.07) is 5.69. The largest absolute Gasteiger partial charge is 0.378 e. The number of rotatable bonds is 2. The molecule has 1 heterocycles. The Labute approximate surface area is 106 Å². The molecule has 1 aromatic carbocycles. The van der Waals surface area contributed by atoms with Crippen LogP contribution >= 0.6 is 0 Å². The fourth-order valence-corrected chi connectivity index (χ4v) is 1.63. The van der Waals surface area contributed by atoms with Crippen molar-refractivity contribution in [2.24, 2.45) is 0 Å². The van der Waals surface area contributed by atoms with E-state index < -0.39 is 0 Å². The average Bonchev–Trinajstić information content (AvgIpc) is 2.85. The Balaban J connectivity index is 2.17. The summed E-state index contributed by atoms with van der Waals surface area (Å²) in [5.74, 6) is 0. The summed E-state index contributed by atoms with van der Waals surface area (Å²) in [5.41, 5.74) is 2.93. The molecule has 0 bridgehead atoms. The van der Waals surface area contributed by atoms with Crippen molar-refractivity contribution in [2.75, 3.05) is 24.3 Å². The van der Waals surface area contributed by atoms with E-state index in [4.69, 9.17) is 0 Å². The lowest BCUT2D eigenvalue weighted by molar-refractivity contribution is 0.253. The molecule has 0 aliphatic carbocycles. The van der Waals surface area contributed by atoms with E-state index in [0.717, 1.165) is 16.9 Å². The molecule has 1 N–H and O–H groups in total. The predicted octanol–water partition coefficient (Wildman–Crippen LogP) is 2.34. The molecule has 1 amide bonds. The topological polar surface area (TPSA) is 50.2 Å². The highest BCUT2D eigenvalue weighted by Crippen LogP contribution is 2.21. The Bertz CT molecular complexity index is 546. The fourth-order valence-electron chi connectivity index (χ4n) is 1.63. The van der Waals surface area contributed by atoms with E-state index in [1.54, 1.807) is 12.4 Å². The van der Waals surface area contributed by atoms with Crippen LogP contribution < -0.4 is 10.2 Å². The van der Waals surface area contributed by atoms with Crippen LogP contribution in [0, 0.1) is 6.92 Å². The maximum Gasteiger partial charge on any atom is 0.331 e. The van der Waals surface area contributed by atoms with Crippen molar-refractivity contribution in [3.05, 3.63) is 42.5 Å². The molecule has 18 heavy (non-hydrogen) atoms. The number of benzene rings is 1. The maximum absolute atomic E-state index is 11.8. The normalized spacial score (nSPS) is 10.2. The minimum absolute atomic E-state index is 0.215. The van der Waals surface area contributed by atoms with Gasteiger partial charge in [0.2, 0.25) is 0 Å². The average molecular weight is 244 g/mol. The molecule has 0 atom stereocenters. The van der Waals surface area contributed by atoms with Gasteiger partial charge in [-0.15, -0.1) is 0 Å². The molecule has 0 saturated heterocycles. The Morgan fingerprint density at radius 2 is 2.17 bits per heavy atom. The minimum Gasteiger partial charge on any atom is -0.378 e. The summed E-state index contributed by atoms with van der Waals surface area (Å²) in [7, 11) is 3.97. The van der Waals surface area contributed by atoms with Gasteiger partial charge in [-0.25, -0.2) is 9.78 Å². The van der Waals surface area contributed by atoms with Crippen LogP contribution in [-0.4, -0.2) is 29.7 Å². The summed E-state index contributed by atoms with van der Waals surface area (Å²) in [5, 5.41) is 2.84. The predicted molar refractivity (Wildman–Crippen MR) is 72.1 cm³/mol. The van der Waals surface area contributed by atoms with Crippen LogP contribution in [0.4, 0.5) is 16.2 Å². The first kappa shape index (κ1) is 12.2. The lowest BCUT2D eigenvalue weighted by atomic mass is 10.1. The molecular formula is C13H16N4O. The quantitative estimate of drug-likeness (QED) is 0.882. The van der Waals surface area contributed by atoms with Gasteiger partial charge in [0.15, 0.2) is 0 Å². The third-order valence-corrected chi connectivity index (χ3v) is 2.71. The molecule has 5 nitrogen and oxygen atoms in total. The summed E-state index contributed by atoms with van der Waals surface area (Å²) < 4.78 is 1.40. The molecule has 0 spiro atoms. The van der Waals surface area contributed by atoms with Crippen molar-refractivity contribution in [3.63, 3.8) is 0 Å². The zero-order valence-electron chi connectivity index (χ0n) is 10.7. The van der Waals surface area contributed by atoms with Crippen molar-refractivity contribution in [1.29, 1.82) is 0 Å². The lowest BCUT2D eigenvalue weighted by Gasteiger charge is -2.15. The van der Waals surface area contributed by atoms with Crippen molar-refractivity contribution >= 4 is 17.4 Å². The Morgan fingerprint density at radius 3 is 2.72 bits per heavy atom. The van der Waals surface area contributed by atoms with Gasteiger partial charge in [-0.1, -0.05) is 0 Å². The highest BCUT2D eigenvalue weighted by Gasteiger charge is 2.07. The number of carbonyl (C=O) groups is 1. The van der Waals surface area contributed by atoms with Crippen LogP contribution in [0.25, 0.3) is 0 Å². The van der Waals surface area contributed by atoms with E-state index in [-0.39, 0.29) is 6.03 Å². The minimum atomic E-state index is -0.215. The second-order valence-corrected chi connectivity index (χ2v) is 4.29. The van der Waals surface area contributed by atoms with Crippen molar-refractivity contribution in [3.8, 4) is 0 Å². The van der Waals surface area contributed by atoms with Gasteiger partial charge >= 0.3 is 6.03 Å². The molecule has 0 aliphatic heterocycles. The van der Waals surface area contributed by atoms with Crippen LogP contribution in [0.2, 0.25) is 0 Å². The van der Waals surface area contributed by atoms with Crippen LogP contribution in [0.5, 0.6) is 0 Å². The molecule has 0 unspecified atom stereocenters. The van der Waals surface area contributed by atoms with Gasteiger partial charge in [-0.2, -0.15) is 0 Å². The van der Waals surface area contributed by atoms with E-state index >= 15 is 0 Å². The van der Waals surface area contributed by atoms with E-state index in [1.807, 2.05) is 44.1 Å². The standard InChI is InChI=1S/C13H16N4O/c1-10-8-11(16(2)3)4-5-12(10)15-13(18)17-7-6-14-9-17/h4-9H,1-3H3,(H,15,18). The Hall–Kier alpha value is -2.30. The number of anilines is 2. The molecule has 0 saturated carbocycles. The number of aromatic nitrogens is 2. The zero-order chi connectivity index (χ0) is 13.1. The summed E-state index contributed by atoms with van der Waals surface area (Å²) in [6.07, 6.45) is 4.65. The molecule has 1 aromatic heterocycles. The number of aryl methyl sites for hydroxylation is 1. The number of hydrogen-bond donors (Lipinski definition) is 1. The molecule has 5 heteroatoms. The van der Waals surface area contributed by atoms with Gasteiger partial charge in [0.1, 0.15) is 6.33 Å². The molecule has 2 rings (SSSR count). The smallest absolute Gasteiger partial charge is 0.331 e. The molecule has 0 fully saturated rings. The monoisotopic (exact) mass is 244 g/mol. The highest BCUT2D eigenvalue weighted by atomic mass is 16.2. The van der Waals surface area contributed by atoms with Gasteiger partial charge in [-0.05, 0) is 30.7 Å². The lowest BCUT2D eigenvalue weighted by Crippen LogP contribution is -2.18. The Kier molecular flexibility index (Phi) is 3.32. The number of nitrogens with zero attached hydrogens (tertiary/aromatic N) is 3. The van der Waals surface area contributed by atoms with Crippen LogP contribution in [0.15, 0.2) is 36.9 Å². The molecule has 94 valence electrons. The van der Waals surface area contributed by atoms with Gasteiger partial charge in [0.05, 0.1) is 0 Å². The van der Waals surface area contributed by atoms with Gasteiger partial charge in [-0.3, -0.25) is 4.57 Å². The first-order valence-corrected chi connectivity index (χ1v) is 5.65. The number of carbonyl (C=O) groups excluding carboxylic acids is 1. The van der Waals surface area contributed by atoms with Gasteiger partial charge in [0.25, 0.3) is 0 Å². The fraction of sp³-hybridized carbons (Fsp3) is 0.231. The summed E-state index contributed by atoms with van der Waals surface area (Å²) >= 11 is 0. The third-order valence-electron chi connectivity index (χ3n) is 2.71. The SMILES string of the molecule is Cc1cc(N(C)C)ccc1NC(=O)n1ccnc1. The number of nitrogens with one attached hydrogen (secondary N) is 1. The van der Waals surface area contributed by atoms with E-state index in [2.05, 4.69) is 10.3 Å². The third kappa shape index (κ3) is 2.51. The highest BCUT2D eigenvalue weighted by molar-refractivity contribution is 5.91. The molecule has 0 radical (unpaired) electrons. The van der Waals surface area contributed by atoms with Crippen LogP contribution in [0.1, 0.15) is 5.56 Å². The molecule has 0 aliphatic rings.